The summed E-state index contributed by atoms with van der Waals surface area (Å²) in [5, 5.41) is 11.0. The van der Waals surface area contributed by atoms with E-state index in [1.165, 1.54) is 0 Å². The molecule has 1 aliphatic rings. The number of rotatable bonds is 6. The Labute approximate surface area is 173 Å². The van der Waals surface area contributed by atoms with Gasteiger partial charge in [0.2, 0.25) is 0 Å². The van der Waals surface area contributed by atoms with Crippen molar-refractivity contribution in [3.63, 3.8) is 0 Å². The molecule has 0 radical (unpaired) electrons. The zero-order chi connectivity index (χ0) is 20.5. The summed E-state index contributed by atoms with van der Waals surface area (Å²) >= 11 is 0. The lowest BCUT2D eigenvalue weighted by Crippen LogP contribution is -2.24. The van der Waals surface area contributed by atoms with Gasteiger partial charge in [0.1, 0.15) is 11.6 Å². The van der Waals surface area contributed by atoms with Crippen LogP contribution in [0.2, 0.25) is 0 Å². The van der Waals surface area contributed by atoms with Crippen LogP contribution in [0.25, 0.3) is 22.3 Å². The van der Waals surface area contributed by atoms with E-state index in [4.69, 9.17) is 9.72 Å². The summed E-state index contributed by atoms with van der Waals surface area (Å²) < 4.78 is 5.17. The van der Waals surface area contributed by atoms with E-state index >= 15 is 0 Å². The molecule has 4 aromatic rings. The number of benzene rings is 2. The lowest BCUT2D eigenvalue weighted by molar-refractivity contribution is 0.0951. The van der Waals surface area contributed by atoms with Crippen molar-refractivity contribution in [2.24, 2.45) is 0 Å². The van der Waals surface area contributed by atoms with Crippen LogP contribution in [-0.4, -0.2) is 33.2 Å². The van der Waals surface area contributed by atoms with Gasteiger partial charge in [-0.1, -0.05) is 18.2 Å². The second-order valence-corrected chi connectivity index (χ2v) is 7.40. The number of aromatic nitrogens is 4. The topological polar surface area (TPSA) is 92.8 Å². The highest BCUT2D eigenvalue weighted by Gasteiger charge is 2.27. The highest BCUT2D eigenvalue weighted by Crippen LogP contribution is 2.40. The number of carbonyl (C=O) groups is 1. The fourth-order valence-electron chi connectivity index (χ4n) is 3.47. The molecule has 0 aliphatic heterocycles. The van der Waals surface area contributed by atoms with Gasteiger partial charge < -0.3 is 10.1 Å². The average Bonchev–Trinajstić information content (AvgIpc) is 3.54. The monoisotopic (exact) mass is 399 g/mol. The van der Waals surface area contributed by atoms with Gasteiger partial charge in [-0.05, 0) is 49.2 Å². The van der Waals surface area contributed by atoms with Crippen molar-refractivity contribution >= 4 is 16.8 Å². The maximum Gasteiger partial charge on any atom is 0.252 e. The normalized spacial score (nSPS) is 13.4. The van der Waals surface area contributed by atoms with E-state index in [0.717, 1.165) is 40.8 Å². The molecule has 150 valence electrons. The molecule has 1 saturated carbocycles. The van der Waals surface area contributed by atoms with Gasteiger partial charge in [0.05, 0.1) is 24.7 Å². The standard InChI is InChI=1S/C23H21N5O2/c1-30-16-10-8-15(9-11-16)22-26-21(27-28-22)13-24-23(29)18-12-20(14-6-7-14)25-19-5-3-2-4-17(18)19/h2-5,8-12,14H,6-7,13H2,1H3,(H,24,29)(H,26,27,28). The van der Waals surface area contributed by atoms with Gasteiger partial charge in [0, 0.05) is 22.6 Å². The first kappa shape index (κ1) is 18.3. The van der Waals surface area contributed by atoms with E-state index < -0.39 is 0 Å². The predicted molar refractivity (Wildman–Crippen MR) is 113 cm³/mol. The number of pyridine rings is 1. The maximum atomic E-state index is 13.0. The van der Waals surface area contributed by atoms with Crippen molar-refractivity contribution in [2.75, 3.05) is 7.11 Å². The number of aromatic amines is 1. The van der Waals surface area contributed by atoms with Gasteiger partial charge in [-0.3, -0.25) is 14.9 Å². The van der Waals surface area contributed by atoms with Crippen LogP contribution in [0.1, 0.15) is 40.6 Å². The zero-order valence-corrected chi connectivity index (χ0v) is 16.6. The maximum absolute atomic E-state index is 13.0. The van der Waals surface area contributed by atoms with Crippen LogP contribution in [0.4, 0.5) is 0 Å². The third-order valence-electron chi connectivity index (χ3n) is 5.27. The number of amides is 1. The second kappa shape index (κ2) is 7.59. The van der Waals surface area contributed by atoms with Crippen LogP contribution < -0.4 is 10.1 Å². The highest BCUT2D eigenvalue weighted by atomic mass is 16.5. The number of fused-ring (bicyclic) bond motifs is 1. The Bertz CT molecular complexity index is 1210. The number of nitrogens with zero attached hydrogens (tertiary/aromatic N) is 3. The van der Waals surface area contributed by atoms with Crippen molar-refractivity contribution in [3.05, 3.63) is 71.7 Å². The first-order valence-electron chi connectivity index (χ1n) is 9.95. The van der Waals surface area contributed by atoms with E-state index in [1.54, 1.807) is 7.11 Å². The Morgan fingerprint density at radius 3 is 2.70 bits per heavy atom. The van der Waals surface area contributed by atoms with Crippen molar-refractivity contribution < 1.29 is 9.53 Å². The summed E-state index contributed by atoms with van der Waals surface area (Å²) in [7, 11) is 1.63. The molecule has 5 rings (SSSR count). The summed E-state index contributed by atoms with van der Waals surface area (Å²) in [6, 6.07) is 17.2. The van der Waals surface area contributed by atoms with Crippen LogP contribution in [0.15, 0.2) is 54.6 Å². The van der Waals surface area contributed by atoms with Crippen molar-refractivity contribution in [1.82, 2.24) is 25.5 Å². The largest absolute Gasteiger partial charge is 0.497 e. The van der Waals surface area contributed by atoms with Gasteiger partial charge in [0.25, 0.3) is 5.91 Å². The third kappa shape index (κ3) is 3.61. The van der Waals surface area contributed by atoms with E-state index in [-0.39, 0.29) is 12.5 Å². The minimum atomic E-state index is -0.141. The average molecular weight is 399 g/mol. The van der Waals surface area contributed by atoms with Crippen LogP contribution in [0.5, 0.6) is 5.75 Å². The van der Waals surface area contributed by atoms with Crippen LogP contribution in [-0.2, 0) is 6.54 Å². The number of carbonyl (C=O) groups excluding carboxylic acids is 1. The van der Waals surface area contributed by atoms with E-state index in [9.17, 15) is 4.79 Å². The number of ether oxygens (including phenoxy) is 1. The molecular weight excluding hydrogens is 378 g/mol. The molecular formula is C23H21N5O2. The van der Waals surface area contributed by atoms with E-state index in [2.05, 4.69) is 20.5 Å². The Morgan fingerprint density at radius 1 is 1.13 bits per heavy atom. The molecule has 7 heteroatoms. The quantitative estimate of drug-likeness (QED) is 0.514. The molecule has 2 heterocycles. The molecule has 30 heavy (non-hydrogen) atoms. The molecule has 1 fully saturated rings. The zero-order valence-electron chi connectivity index (χ0n) is 16.6. The molecule has 0 unspecified atom stereocenters. The summed E-state index contributed by atoms with van der Waals surface area (Å²) in [5.74, 6) is 2.28. The highest BCUT2D eigenvalue weighted by molar-refractivity contribution is 6.06. The molecule has 0 saturated heterocycles. The van der Waals surface area contributed by atoms with Gasteiger partial charge >= 0.3 is 0 Å². The molecule has 7 nitrogen and oxygen atoms in total. The minimum Gasteiger partial charge on any atom is -0.497 e. The van der Waals surface area contributed by atoms with Crippen molar-refractivity contribution in [1.29, 1.82) is 0 Å². The van der Waals surface area contributed by atoms with Crippen LogP contribution in [0.3, 0.4) is 0 Å². The summed E-state index contributed by atoms with van der Waals surface area (Å²) in [4.78, 5) is 22.2. The van der Waals surface area contributed by atoms with Gasteiger partial charge in [-0.2, -0.15) is 5.10 Å². The smallest absolute Gasteiger partial charge is 0.252 e. The van der Waals surface area contributed by atoms with Gasteiger partial charge in [-0.25, -0.2) is 4.98 Å². The van der Waals surface area contributed by atoms with Crippen molar-refractivity contribution in [3.8, 4) is 17.1 Å². The van der Waals surface area contributed by atoms with E-state index in [0.29, 0.717) is 23.1 Å². The lowest BCUT2D eigenvalue weighted by Gasteiger charge is -2.09. The molecule has 1 amide bonds. The van der Waals surface area contributed by atoms with Crippen LogP contribution in [0, 0.1) is 0 Å². The molecule has 2 N–H and O–H groups in total. The number of nitrogens with one attached hydrogen (secondary N) is 2. The minimum absolute atomic E-state index is 0.141. The Kier molecular flexibility index (Phi) is 4.63. The Hall–Kier alpha value is -3.74. The second-order valence-electron chi connectivity index (χ2n) is 7.40. The number of methoxy groups -OCH3 is 1. The third-order valence-corrected chi connectivity index (χ3v) is 5.27. The van der Waals surface area contributed by atoms with E-state index in [1.807, 2.05) is 54.6 Å². The predicted octanol–water partition coefficient (Wildman–Crippen LogP) is 3.84. The molecule has 1 aliphatic carbocycles. The number of hydrogen-bond acceptors (Lipinski definition) is 5. The summed E-state index contributed by atoms with van der Waals surface area (Å²) in [5.41, 5.74) is 3.38. The van der Waals surface area contributed by atoms with Crippen molar-refractivity contribution in [2.45, 2.75) is 25.3 Å². The van der Waals surface area contributed by atoms with Crippen LogP contribution >= 0.6 is 0 Å². The molecule has 0 bridgehead atoms. The number of H-pyrrole nitrogens is 1. The molecule has 0 atom stereocenters. The Balaban J connectivity index is 1.33. The molecule has 2 aromatic carbocycles. The summed E-state index contributed by atoms with van der Waals surface area (Å²) in [6.07, 6.45) is 2.28. The summed E-state index contributed by atoms with van der Waals surface area (Å²) in [6.45, 7) is 0.261. The first-order valence-corrected chi connectivity index (χ1v) is 9.95. The number of para-hydroxylation sites is 1. The molecule has 0 spiro atoms. The first-order chi connectivity index (χ1) is 14.7. The lowest BCUT2D eigenvalue weighted by atomic mass is 10.1. The number of hydrogen-bond donors (Lipinski definition) is 2. The SMILES string of the molecule is COc1ccc(-c2n[nH]c(CNC(=O)c3cc(C4CC4)nc4ccccc34)n2)cc1. The fourth-order valence-corrected chi connectivity index (χ4v) is 3.47. The van der Waals surface area contributed by atoms with Gasteiger partial charge in [0.15, 0.2) is 5.82 Å². The molecule has 2 aromatic heterocycles. The fraction of sp³-hybridized carbons (Fsp3) is 0.217. The Morgan fingerprint density at radius 2 is 1.93 bits per heavy atom. The van der Waals surface area contributed by atoms with Gasteiger partial charge in [-0.15, -0.1) is 0 Å².